The van der Waals surface area contributed by atoms with E-state index in [2.05, 4.69) is 9.47 Å². The van der Waals surface area contributed by atoms with E-state index in [-0.39, 0.29) is 5.69 Å². The van der Waals surface area contributed by atoms with Crippen LogP contribution in [0.25, 0.3) is 0 Å². The van der Waals surface area contributed by atoms with Crippen LogP contribution in [0.2, 0.25) is 0 Å². The number of anilines is 1. The Balaban J connectivity index is 3.05. The topological polar surface area (TPSA) is 21.7 Å². The molecule has 0 aliphatic rings. The summed E-state index contributed by atoms with van der Waals surface area (Å²) in [4.78, 5) is 1.43. The molecule has 0 unspecified atom stereocenters. The standard InChI is InChI=1S/C10H10F5NO2/c1-16(2)7-4-3-6(18-10(13,14)15)5-8(7)17-9(11)12/h3-5,9H,1-2H3. The van der Waals surface area contributed by atoms with Crippen molar-refractivity contribution >= 4 is 5.69 Å². The van der Waals surface area contributed by atoms with Crippen LogP contribution in [0, 0.1) is 0 Å². The van der Waals surface area contributed by atoms with Crippen molar-refractivity contribution < 1.29 is 31.4 Å². The van der Waals surface area contributed by atoms with Crippen molar-refractivity contribution in [3.63, 3.8) is 0 Å². The molecule has 0 fully saturated rings. The summed E-state index contributed by atoms with van der Waals surface area (Å²) in [5, 5.41) is 0. The van der Waals surface area contributed by atoms with Crippen molar-refractivity contribution in [1.82, 2.24) is 0 Å². The van der Waals surface area contributed by atoms with E-state index in [1.54, 1.807) is 0 Å². The van der Waals surface area contributed by atoms with Gasteiger partial charge >= 0.3 is 13.0 Å². The highest BCUT2D eigenvalue weighted by Gasteiger charge is 2.31. The maximum atomic E-state index is 12.1. The molecule has 1 aromatic carbocycles. The molecule has 102 valence electrons. The normalized spacial score (nSPS) is 11.6. The summed E-state index contributed by atoms with van der Waals surface area (Å²) < 4.78 is 67.9. The average molecular weight is 271 g/mol. The Morgan fingerprint density at radius 3 is 2.22 bits per heavy atom. The van der Waals surface area contributed by atoms with Crippen LogP contribution in [-0.4, -0.2) is 27.1 Å². The Bertz CT molecular complexity index is 406. The van der Waals surface area contributed by atoms with Gasteiger partial charge in [-0.15, -0.1) is 13.2 Å². The molecule has 0 atom stereocenters. The Morgan fingerprint density at radius 1 is 1.17 bits per heavy atom. The van der Waals surface area contributed by atoms with Gasteiger partial charge in [-0.05, 0) is 12.1 Å². The lowest BCUT2D eigenvalue weighted by molar-refractivity contribution is -0.274. The Labute approximate surface area is 99.7 Å². The number of nitrogens with zero attached hydrogens (tertiary/aromatic N) is 1. The van der Waals surface area contributed by atoms with E-state index in [1.807, 2.05) is 0 Å². The third-order valence-corrected chi connectivity index (χ3v) is 1.86. The second-order valence-corrected chi connectivity index (χ2v) is 3.45. The monoisotopic (exact) mass is 271 g/mol. The third-order valence-electron chi connectivity index (χ3n) is 1.86. The van der Waals surface area contributed by atoms with Crippen molar-refractivity contribution in [2.45, 2.75) is 13.0 Å². The Kier molecular flexibility index (Phi) is 4.20. The maximum absolute atomic E-state index is 12.1. The second-order valence-electron chi connectivity index (χ2n) is 3.45. The van der Waals surface area contributed by atoms with Crippen LogP contribution in [0.4, 0.5) is 27.6 Å². The zero-order chi connectivity index (χ0) is 13.9. The van der Waals surface area contributed by atoms with Crippen LogP contribution in [0.5, 0.6) is 11.5 Å². The molecule has 0 spiro atoms. The molecule has 0 heterocycles. The molecule has 0 radical (unpaired) electrons. The predicted molar refractivity (Wildman–Crippen MR) is 54.1 cm³/mol. The minimum absolute atomic E-state index is 0.213. The largest absolute Gasteiger partial charge is 0.573 e. The van der Waals surface area contributed by atoms with Crippen molar-refractivity contribution in [1.29, 1.82) is 0 Å². The highest BCUT2D eigenvalue weighted by atomic mass is 19.4. The van der Waals surface area contributed by atoms with Gasteiger partial charge in [0, 0.05) is 20.2 Å². The van der Waals surface area contributed by atoms with Crippen LogP contribution < -0.4 is 14.4 Å². The summed E-state index contributed by atoms with van der Waals surface area (Å²) in [6.45, 7) is -3.13. The molecule has 0 saturated heterocycles. The van der Waals surface area contributed by atoms with Gasteiger partial charge in [-0.3, -0.25) is 0 Å². The lowest BCUT2D eigenvalue weighted by atomic mass is 10.2. The molecule has 8 heteroatoms. The first-order chi connectivity index (χ1) is 8.19. The van der Waals surface area contributed by atoms with E-state index < -0.39 is 24.5 Å². The van der Waals surface area contributed by atoms with Gasteiger partial charge in [0.2, 0.25) is 0 Å². The summed E-state index contributed by atoms with van der Waals surface area (Å²) in [6.07, 6.45) is -4.89. The highest BCUT2D eigenvalue weighted by Crippen LogP contribution is 2.34. The number of halogens is 5. The summed E-state index contributed by atoms with van der Waals surface area (Å²) >= 11 is 0. The Hall–Kier alpha value is -1.73. The minimum atomic E-state index is -4.89. The highest BCUT2D eigenvalue weighted by molar-refractivity contribution is 5.60. The van der Waals surface area contributed by atoms with Gasteiger partial charge in [0.05, 0.1) is 5.69 Å². The van der Waals surface area contributed by atoms with E-state index in [1.165, 1.54) is 25.1 Å². The molecule has 0 saturated carbocycles. The fourth-order valence-electron chi connectivity index (χ4n) is 1.25. The number of alkyl halides is 5. The van der Waals surface area contributed by atoms with Crippen LogP contribution in [0.1, 0.15) is 0 Å². The molecule has 0 N–H and O–H groups in total. The molecule has 0 aliphatic heterocycles. The van der Waals surface area contributed by atoms with E-state index in [4.69, 9.17) is 0 Å². The predicted octanol–water partition coefficient (Wildman–Crippen LogP) is 3.25. The third kappa shape index (κ3) is 4.27. The molecule has 0 bridgehead atoms. The van der Waals surface area contributed by atoms with E-state index in [9.17, 15) is 22.0 Å². The van der Waals surface area contributed by atoms with Gasteiger partial charge in [-0.2, -0.15) is 8.78 Å². The lowest BCUT2D eigenvalue weighted by Gasteiger charge is -2.18. The first kappa shape index (κ1) is 14.3. The zero-order valence-corrected chi connectivity index (χ0v) is 9.46. The lowest BCUT2D eigenvalue weighted by Crippen LogP contribution is -2.18. The second kappa shape index (κ2) is 5.28. The smallest absolute Gasteiger partial charge is 0.432 e. The fraction of sp³-hybridized carbons (Fsp3) is 0.400. The SMILES string of the molecule is CN(C)c1ccc(OC(F)(F)F)cc1OC(F)F. The molecular formula is C10H10F5NO2. The summed E-state index contributed by atoms with van der Waals surface area (Å²) in [7, 11) is 3.08. The van der Waals surface area contributed by atoms with Crippen molar-refractivity contribution in [3.8, 4) is 11.5 Å². The number of benzene rings is 1. The van der Waals surface area contributed by atoms with Crippen LogP contribution >= 0.6 is 0 Å². The first-order valence-corrected chi connectivity index (χ1v) is 4.71. The van der Waals surface area contributed by atoms with Crippen LogP contribution in [-0.2, 0) is 0 Å². The first-order valence-electron chi connectivity index (χ1n) is 4.71. The van der Waals surface area contributed by atoms with Gasteiger partial charge in [-0.25, -0.2) is 0 Å². The molecule has 18 heavy (non-hydrogen) atoms. The van der Waals surface area contributed by atoms with Crippen molar-refractivity contribution in [2.75, 3.05) is 19.0 Å². The van der Waals surface area contributed by atoms with E-state index in [0.717, 1.165) is 12.1 Å². The van der Waals surface area contributed by atoms with Gasteiger partial charge in [0.15, 0.2) is 5.75 Å². The minimum Gasteiger partial charge on any atom is -0.432 e. The summed E-state index contributed by atoms with van der Waals surface area (Å²) in [6, 6.07) is 2.97. The quantitative estimate of drug-likeness (QED) is 0.785. The molecule has 3 nitrogen and oxygen atoms in total. The fourth-order valence-corrected chi connectivity index (χ4v) is 1.25. The van der Waals surface area contributed by atoms with Gasteiger partial charge in [0.1, 0.15) is 5.75 Å². The van der Waals surface area contributed by atoms with Crippen molar-refractivity contribution in [3.05, 3.63) is 18.2 Å². The van der Waals surface area contributed by atoms with E-state index >= 15 is 0 Å². The maximum Gasteiger partial charge on any atom is 0.573 e. The number of hydrogen-bond acceptors (Lipinski definition) is 3. The molecule has 1 aromatic rings. The van der Waals surface area contributed by atoms with E-state index in [0.29, 0.717) is 0 Å². The van der Waals surface area contributed by atoms with Crippen molar-refractivity contribution in [2.24, 2.45) is 0 Å². The number of rotatable bonds is 4. The van der Waals surface area contributed by atoms with Gasteiger partial charge in [-0.1, -0.05) is 0 Å². The summed E-state index contributed by atoms with van der Waals surface area (Å²) in [5.74, 6) is -1.01. The molecular weight excluding hydrogens is 261 g/mol. The van der Waals surface area contributed by atoms with Crippen LogP contribution in [0.15, 0.2) is 18.2 Å². The Morgan fingerprint density at radius 2 is 1.78 bits per heavy atom. The molecule has 0 aliphatic carbocycles. The zero-order valence-electron chi connectivity index (χ0n) is 9.46. The number of hydrogen-bond donors (Lipinski definition) is 0. The van der Waals surface area contributed by atoms with Gasteiger partial charge in [0.25, 0.3) is 0 Å². The average Bonchev–Trinajstić information content (AvgIpc) is 2.13. The number of ether oxygens (including phenoxy) is 2. The van der Waals surface area contributed by atoms with Crippen LogP contribution in [0.3, 0.4) is 0 Å². The molecule has 0 amide bonds. The van der Waals surface area contributed by atoms with Gasteiger partial charge < -0.3 is 14.4 Å². The molecule has 1 rings (SSSR count). The summed E-state index contributed by atoms with van der Waals surface area (Å²) in [5.41, 5.74) is 0.213. The molecule has 0 aromatic heterocycles.